The minimum absolute atomic E-state index is 0.00248. The van der Waals surface area contributed by atoms with E-state index in [4.69, 9.17) is 0 Å². The second-order valence-corrected chi connectivity index (χ2v) is 7.04. The maximum atomic E-state index is 12.2. The van der Waals surface area contributed by atoms with Crippen LogP contribution in [0.3, 0.4) is 0 Å². The zero-order valence-corrected chi connectivity index (χ0v) is 14.3. The molecule has 3 heterocycles. The lowest BCUT2D eigenvalue weighted by molar-refractivity contribution is -0.133. The van der Waals surface area contributed by atoms with E-state index in [1.54, 1.807) is 10.8 Å². The zero-order valence-electron chi connectivity index (χ0n) is 14.3. The standard InChI is InChI=1S/C17H21F3N6/c18-17(19,20)6-8-21-9-11-1-3-12(4-2-11)14-15-13-5-7-22-16(13)23-10-26(15)25-24-14/h5,7,10-12,21-22H,1-4,6,8-9H2. The number of hydrogen-bond acceptors (Lipinski definition) is 4. The Morgan fingerprint density at radius 2 is 2.04 bits per heavy atom. The second kappa shape index (κ2) is 6.86. The Hall–Kier alpha value is -2.16. The molecule has 2 N–H and O–H groups in total. The van der Waals surface area contributed by atoms with Crippen molar-refractivity contribution in [3.05, 3.63) is 24.3 Å². The summed E-state index contributed by atoms with van der Waals surface area (Å²) in [6.45, 7) is 0.647. The fraction of sp³-hybridized carbons (Fsp3) is 0.588. The van der Waals surface area contributed by atoms with E-state index in [-0.39, 0.29) is 6.54 Å². The lowest BCUT2D eigenvalue weighted by atomic mass is 9.80. The van der Waals surface area contributed by atoms with E-state index in [1.807, 2.05) is 12.3 Å². The molecule has 1 saturated carbocycles. The zero-order chi connectivity index (χ0) is 18.1. The highest BCUT2D eigenvalue weighted by Gasteiger charge is 2.28. The first-order chi connectivity index (χ1) is 12.5. The number of rotatable bonds is 5. The van der Waals surface area contributed by atoms with Gasteiger partial charge in [-0.05, 0) is 44.2 Å². The van der Waals surface area contributed by atoms with Crippen molar-refractivity contribution in [2.24, 2.45) is 5.92 Å². The van der Waals surface area contributed by atoms with E-state index >= 15 is 0 Å². The molecule has 6 nitrogen and oxygen atoms in total. The first-order valence-corrected chi connectivity index (χ1v) is 8.96. The van der Waals surface area contributed by atoms with Crippen LogP contribution in [-0.4, -0.2) is 44.1 Å². The maximum absolute atomic E-state index is 12.2. The van der Waals surface area contributed by atoms with E-state index in [9.17, 15) is 13.2 Å². The van der Waals surface area contributed by atoms with Crippen LogP contribution in [-0.2, 0) is 0 Å². The molecular formula is C17H21F3N6. The largest absolute Gasteiger partial charge is 0.390 e. The van der Waals surface area contributed by atoms with Gasteiger partial charge in [-0.25, -0.2) is 9.50 Å². The molecule has 4 rings (SSSR count). The molecule has 0 aromatic carbocycles. The predicted molar refractivity (Wildman–Crippen MR) is 90.9 cm³/mol. The van der Waals surface area contributed by atoms with Crippen molar-refractivity contribution in [3.63, 3.8) is 0 Å². The van der Waals surface area contributed by atoms with Gasteiger partial charge in [-0.1, -0.05) is 5.21 Å². The monoisotopic (exact) mass is 366 g/mol. The van der Waals surface area contributed by atoms with Crippen molar-refractivity contribution < 1.29 is 13.2 Å². The van der Waals surface area contributed by atoms with E-state index in [1.165, 1.54) is 0 Å². The number of fused-ring (bicyclic) bond motifs is 3. The Balaban J connectivity index is 1.38. The van der Waals surface area contributed by atoms with Crippen LogP contribution in [0, 0.1) is 5.92 Å². The summed E-state index contributed by atoms with van der Waals surface area (Å²) in [7, 11) is 0. The molecule has 1 aliphatic carbocycles. The van der Waals surface area contributed by atoms with Gasteiger partial charge in [-0.15, -0.1) is 5.10 Å². The molecule has 3 aromatic rings. The topological polar surface area (TPSA) is 70.9 Å². The van der Waals surface area contributed by atoms with Gasteiger partial charge < -0.3 is 10.3 Å². The number of halogens is 3. The number of nitrogens with one attached hydrogen (secondary N) is 2. The summed E-state index contributed by atoms with van der Waals surface area (Å²) in [5.74, 6) is 0.759. The molecule has 0 aliphatic heterocycles. The van der Waals surface area contributed by atoms with E-state index in [2.05, 4.69) is 25.6 Å². The summed E-state index contributed by atoms with van der Waals surface area (Å²) in [6.07, 6.45) is 2.61. The van der Waals surface area contributed by atoms with Crippen molar-refractivity contribution in [1.29, 1.82) is 0 Å². The predicted octanol–water partition coefficient (Wildman–Crippen LogP) is 3.42. The van der Waals surface area contributed by atoms with Crippen molar-refractivity contribution in [2.75, 3.05) is 13.1 Å². The summed E-state index contributed by atoms with van der Waals surface area (Å²) in [5.41, 5.74) is 2.83. The minimum atomic E-state index is -4.09. The molecule has 0 bridgehead atoms. The van der Waals surface area contributed by atoms with Crippen LogP contribution in [0.15, 0.2) is 18.6 Å². The third kappa shape index (κ3) is 3.53. The van der Waals surface area contributed by atoms with E-state index < -0.39 is 12.6 Å². The third-order valence-corrected chi connectivity index (χ3v) is 5.25. The Labute approximate surface area is 148 Å². The molecule has 0 unspecified atom stereocenters. The van der Waals surface area contributed by atoms with Gasteiger partial charge in [0.1, 0.15) is 17.5 Å². The van der Waals surface area contributed by atoms with Crippen LogP contribution in [0.25, 0.3) is 16.6 Å². The number of H-pyrrole nitrogens is 1. The molecule has 0 saturated heterocycles. The molecule has 0 radical (unpaired) electrons. The maximum Gasteiger partial charge on any atom is 0.390 e. The molecule has 1 fully saturated rings. The number of aromatic nitrogens is 5. The number of alkyl halides is 3. The number of hydrogen-bond donors (Lipinski definition) is 2. The molecule has 0 atom stereocenters. The molecule has 1 aliphatic rings. The quantitative estimate of drug-likeness (QED) is 0.679. The lowest BCUT2D eigenvalue weighted by Gasteiger charge is -2.27. The summed E-state index contributed by atoms with van der Waals surface area (Å²) in [5, 5.41) is 12.6. The molecule has 9 heteroatoms. The van der Waals surface area contributed by atoms with Crippen molar-refractivity contribution in [3.8, 4) is 0 Å². The van der Waals surface area contributed by atoms with Crippen LogP contribution < -0.4 is 5.32 Å². The summed E-state index contributed by atoms with van der Waals surface area (Å²) in [4.78, 5) is 7.43. The highest BCUT2D eigenvalue weighted by atomic mass is 19.4. The van der Waals surface area contributed by atoms with Gasteiger partial charge in [0.05, 0.1) is 12.1 Å². The molecule has 0 spiro atoms. The molecule has 140 valence electrons. The average molecular weight is 366 g/mol. The smallest absolute Gasteiger partial charge is 0.346 e. The number of nitrogens with zero attached hydrogens (tertiary/aromatic N) is 4. The third-order valence-electron chi connectivity index (χ3n) is 5.25. The highest BCUT2D eigenvalue weighted by molar-refractivity contribution is 5.92. The van der Waals surface area contributed by atoms with Crippen LogP contribution in [0.2, 0.25) is 0 Å². The van der Waals surface area contributed by atoms with Gasteiger partial charge in [0.25, 0.3) is 0 Å². The van der Waals surface area contributed by atoms with Gasteiger partial charge in [-0.3, -0.25) is 0 Å². The van der Waals surface area contributed by atoms with Crippen molar-refractivity contribution in [1.82, 2.24) is 30.1 Å². The summed E-state index contributed by atoms with van der Waals surface area (Å²) >= 11 is 0. The molecule has 26 heavy (non-hydrogen) atoms. The van der Waals surface area contributed by atoms with Crippen LogP contribution in [0.4, 0.5) is 13.2 Å². The SMILES string of the molecule is FC(F)(F)CCNCC1CCC(c2nnn3cnc4[nH]ccc4c23)CC1. The van der Waals surface area contributed by atoms with Gasteiger partial charge in [-0.2, -0.15) is 13.2 Å². The summed E-state index contributed by atoms with van der Waals surface area (Å²) in [6, 6.07) is 1.99. The second-order valence-electron chi connectivity index (χ2n) is 7.04. The Kier molecular flexibility index (Phi) is 4.56. The first-order valence-electron chi connectivity index (χ1n) is 8.96. The van der Waals surface area contributed by atoms with E-state index in [0.717, 1.165) is 47.9 Å². The van der Waals surface area contributed by atoms with Gasteiger partial charge in [0, 0.05) is 24.0 Å². The average Bonchev–Trinajstić information content (AvgIpc) is 3.24. The molecule has 0 amide bonds. The molecule has 3 aromatic heterocycles. The number of aromatic amines is 1. The molecular weight excluding hydrogens is 345 g/mol. The van der Waals surface area contributed by atoms with E-state index in [0.29, 0.717) is 18.4 Å². The van der Waals surface area contributed by atoms with Crippen LogP contribution in [0.1, 0.15) is 43.7 Å². The fourth-order valence-corrected chi connectivity index (χ4v) is 3.87. The summed E-state index contributed by atoms with van der Waals surface area (Å²) < 4.78 is 38.3. The normalized spacial score (nSPS) is 21.7. The van der Waals surface area contributed by atoms with Crippen LogP contribution in [0.5, 0.6) is 0 Å². The van der Waals surface area contributed by atoms with Crippen LogP contribution >= 0.6 is 0 Å². The fourth-order valence-electron chi connectivity index (χ4n) is 3.87. The van der Waals surface area contributed by atoms with Gasteiger partial charge >= 0.3 is 6.18 Å². The highest BCUT2D eigenvalue weighted by Crippen LogP contribution is 2.37. The van der Waals surface area contributed by atoms with Gasteiger partial charge in [0.2, 0.25) is 0 Å². The Bertz CT molecular complexity index is 876. The van der Waals surface area contributed by atoms with Crippen molar-refractivity contribution >= 4 is 16.6 Å². The van der Waals surface area contributed by atoms with Crippen molar-refractivity contribution in [2.45, 2.75) is 44.2 Å². The Morgan fingerprint density at radius 1 is 1.23 bits per heavy atom. The van der Waals surface area contributed by atoms with Gasteiger partial charge in [0.15, 0.2) is 0 Å². The lowest BCUT2D eigenvalue weighted by Crippen LogP contribution is -2.29. The minimum Gasteiger partial charge on any atom is -0.346 e. The first kappa shape index (κ1) is 17.3. The Morgan fingerprint density at radius 3 is 2.81 bits per heavy atom.